The number of aryl methyl sites for hydroxylation is 1. The molecule has 2 heterocycles. The van der Waals surface area contributed by atoms with E-state index in [0.29, 0.717) is 12.2 Å². The third-order valence-corrected chi connectivity index (χ3v) is 2.37. The first-order chi connectivity index (χ1) is 7.69. The summed E-state index contributed by atoms with van der Waals surface area (Å²) >= 11 is 0. The zero-order valence-electron chi connectivity index (χ0n) is 9.13. The van der Waals surface area contributed by atoms with E-state index in [1.165, 1.54) is 6.07 Å². The molecule has 0 fully saturated rings. The first-order valence-corrected chi connectivity index (χ1v) is 5.16. The van der Waals surface area contributed by atoms with Crippen LogP contribution < -0.4 is 11.3 Å². The lowest BCUT2D eigenvalue weighted by molar-refractivity contribution is 0.658. The van der Waals surface area contributed by atoms with Crippen LogP contribution in [0.5, 0.6) is 0 Å². The van der Waals surface area contributed by atoms with Crippen LogP contribution in [-0.2, 0) is 13.1 Å². The van der Waals surface area contributed by atoms with Gasteiger partial charge in [-0.1, -0.05) is 0 Å². The molecule has 0 amide bonds. The molecule has 0 radical (unpaired) electrons. The maximum Gasteiger partial charge on any atom is 0.250 e. The summed E-state index contributed by atoms with van der Waals surface area (Å²) in [6.07, 6.45) is 5.33. The van der Waals surface area contributed by atoms with E-state index >= 15 is 0 Å². The zero-order valence-corrected chi connectivity index (χ0v) is 9.13. The standard InChI is InChI=1S/C11H14N4O/c1-2-15-7-9(5-13-15)6-14-8-10(12)3-4-11(14)16/h3-5,7-8H,2,6,12H2,1H3. The van der Waals surface area contributed by atoms with E-state index in [-0.39, 0.29) is 5.56 Å². The predicted octanol–water partition coefficient (Wildman–Crippen LogP) is 0.695. The molecular weight excluding hydrogens is 204 g/mol. The number of aromatic nitrogens is 3. The molecule has 0 saturated carbocycles. The normalized spacial score (nSPS) is 10.6. The molecule has 0 atom stereocenters. The van der Waals surface area contributed by atoms with Gasteiger partial charge in [0.25, 0.3) is 5.56 Å². The molecule has 2 N–H and O–H groups in total. The van der Waals surface area contributed by atoms with Crippen molar-refractivity contribution in [1.29, 1.82) is 0 Å². The van der Waals surface area contributed by atoms with Crippen molar-refractivity contribution in [2.45, 2.75) is 20.0 Å². The lowest BCUT2D eigenvalue weighted by Crippen LogP contribution is -2.19. The molecule has 5 nitrogen and oxygen atoms in total. The number of nitrogen functional groups attached to an aromatic ring is 1. The monoisotopic (exact) mass is 218 g/mol. The summed E-state index contributed by atoms with van der Waals surface area (Å²) < 4.78 is 3.40. The van der Waals surface area contributed by atoms with Crippen LogP contribution in [0.25, 0.3) is 0 Å². The van der Waals surface area contributed by atoms with Crippen LogP contribution in [-0.4, -0.2) is 14.3 Å². The Balaban J connectivity index is 2.26. The van der Waals surface area contributed by atoms with Crippen molar-refractivity contribution in [1.82, 2.24) is 14.3 Å². The van der Waals surface area contributed by atoms with Crippen LogP contribution in [0.15, 0.2) is 35.5 Å². The molecule has 0 bridgehead atoms. The van der Waals surface area contributed by atoms with Crippen molar-refractivity contribution in [2.24, 2.45) is 0 Å². The molecule has 0 saturated heterocycles. The highest BCUT2D eigenvalue weighted by molar-refractivity contribution is 5.33. The van der Waals surface area contributed by atoms with Gasteiger partial charge in [-0.3, -0.25) is 9.48 Å². The van der Waals surface area contributed by atoms with Crippen molar-refractivity contribution >= 4 is 5.69 Å². The number of hydrogen-bond donors (Lipinski definition) is 1. The molecule has 5 heteroatoms. The smallest absolute Gasteiger partial charge is 0.250 e. The summed E-state index contributed by atoms with van der Waals surface area (Å²) in [7, 11) is 0. The second kappa shape index (κ2) is 4.22. The average Bonchev–Trinajstić information content (AvgIpc) is 2.71. The van der Waals surface area contributed by atoms with E-state index in [4.69, 9.17) is 5.73 Å². The van der Waals surface area contributed by atoms with Crippen LogP contribution in [0.1, 0.15) is 12.5 Å². The lowest BCUT2D eigenvalue weighted by atomic mass is 10.3. The molecule has 16 heavy (non-hydrogen) atoms. The molecule has 2 rings (SSSR count). The summed E-state index contributed by atoms with van der Waals surface area (Å²) in [5, 5.41) is 4.15. The maximum absolute atomic E-state index is 11.5. The van der Waals surface area contributed by atoms with Crippen LogP contribution >= 0.6 is 0 Å². The van der Waals surface area contributed by atoms with Gasteiger partial charge >= 0.3 is 0 Å². The van der Waals surface area contributed by atoms with E-state index in [0.717, 1.165) is 12.1 Å². The number of hydrogen-bond acceptors (Lipinski definition) is 3. The molecule has 0 aliphatic heterocycles. The van der Waals surface area contributed by atoms with Crippen LogP contribution in [0, 0.1) is 0 Å². The topological polar surface area (TPSA) is 65.8 Å². The van der Waals surface area contributed by atoms with Gasteiger partial charge in [-0.05, 0) is 13.0 Å². The predicted molar refractivity (Wildman–Crippen MR) is 62.1 cm³/mol. The Morgan fingerprint density at radius 1 is 1.38 bits per heavy atom. The van der Waals surface area contributed by atoms with Crippen molar-refractivity contribution in [3.05, 3.63) is 46.6 Å². The zero-order chi connectivity index (χ0) is 11.5. The number of pyridine rings is 1. The number of rotatable bonds is 3. The summed E-state index contributed by atoms with van der Waals surface area (Å²) in [4.78, 5) is 11.5. The first kappa shape index (κ1) is 10.5. The van der Waals surface area contributed by atoms with Gasteiger partial charge in [0.2, 0.25) is 0 Å². The van der Waals surface area contributed by atoms with Gasteiger partial charge in [-0.2, -0.15) is 5.10 Å². The largest absolute Gasteiger partial charge is 0.398 e. The quantitative estimate of drug-likeness (QED) is 0.824. The third-order valence-electron chi connectivity index (χ3n) is 2.37. The van der Waals surface area contributed by atoms with Gasteiger partial charge in [-0.25, -0.2) is 0 Å². The molecule has 0 spiro atoms. The molecular formula is C11H14N4O. The van der Waals surface area contributed by atoms with E-state index in [9.17, 15) is 4.79 Å². The van der Waals surface area contributed by atoms with E-state index < -0.39 is 0 Å². The lowest BCUT2D eigenvalue weighted by Gasteiger charge is -2.03. The van der Waals surface area contributed by atoms with E-state index in [1.807, 2.05) is 17.8 Å². The van der Waals surface area contributed by atoms with Gasteiger partial charge in [0.15, 0.2) is 0 Å². The second-order valence-corrected chi connectivity index (χ2v) is 3.63. The second-order valence-electron chi connectivity index (χ2n) is 3.63. The highest BCUT2D eigenvalue weighted by atomic mass is 16.1. The average molecular weight is 218 g/mol. The minimum Gasteiger partial charge on any atom is -0.398 e. The van der Waals surface area contributed by atoms with Crippen LogP contribution in [0.2, 0.25) is 0 Å². The number of nitrogens with two attached hydrogens (primary N) is 1. The minimum atomic E-state index is -0.0570. The fourth-order valence-corrected chi connectivity index (χ4v) is 1.53. The Morgan fingerprint density at radius 3 is 2.88 bits per heavy atom. The highest BCUT2D eigenvalue weighted by Gasteiger charge is 2.01. The maximum atomic E-state index is 11.5. The Morgan fingerprint density at radius 2 is 2.19 bits per heavy atom. The number of nitrogens with zero attached hydrogens (tertiary/aromatic N) is 3. The minimum absolute atomic E-state index is 0.0570. The van der Waals surface area contributed by atoms with Gasteiger partial charge < -0.3 is 10.3 Å². The van der Waals surface area contributed by atoms with Gasteiger partial charge in [0.05, 0.1) is 12.7 Å². The van der Waals surface area contributed by atoms with E-state index in [1.54, 1.807) is 23.0 Å². The Kier molecular flexibility index (Phi) is 2.76. The molecule has 0 aromatic carbocycles. The SMILES string of the molecule is CCn1cc(Cn2cc(N)ccc2=O)cn1. The van der Waals surface area contributed by atoms with Crippen molar-refractivity contribution in [3.8, 4) is 0 Å². The fraction of sp³-hybridized carbons (Fsp3) is 0.273. The van der Waals surface area contributed by atoms with Gasteiger partial charge in [-0.15, -0.1) is 0 Å². The fourth-order valence-electron chi connectivity index (χ4n) is 1.53. The van der Waals surface area contributed by atoms with Gasteiger partial charge in [0.1, 0.15) is 0 Å². The van der Waals surface area contributed by atoms with Crippen molar-refractivity contribution in [3.63, 3.8) is 0 Å². The Hall–Kier alpha value is -2.04. The first-order valence-electron chi connectivity index (χ1n) is 5.16. The third kappa shape index (κ3) is 2.13. The number of anilines is 1. The van der Waals surface area contributed by atoms with Gasteiger partial charge in [0, 0.05) is 36.3 Å². The molecule has 0 unspecified atom stereocenters. The Labute approximate surface area is 93.1 Å². The van der Waals surface area contributed by atoms with E-state index in [2.05, 4.69) is 5.10 Å². The molecule has 2 aromatic rings. The Bertz CT molecular complexity index is 541. The van der Waals surface area contributed by atoms with Crippen molar-refractivity contribution in [2.75, 3.05) is 5.73 Å². The molecule has 0 aliphatic carbocycles. The van der Waals surface area contributed by atoms with Crippen LogP contribution in [0.4, 0.5) is 5.69 Å². The highest BCUT2D eigenvalue weighted by Crippen LogP contribution is 2.02. The summed E-state index contributed by atoms with van der Waals surface area (Å²) in [6.45, 7) is 3.35. The summed E-state index contributed by atoms with van der Waals surface area (Å²) in [5.74, 6) is 0. The molecule has 2 aromatic heterocycles. The summed E-state index contributed by atoms with van der Waals surface area (Å²) in [6, 6.07) is 3.08. The van der Waals surface area contributed by atoms with Crippen molar-refractivity contribution < 1.29 is 0 Å². The molecule has 0 aliphatic rings. The summed E-state index contributed by atoms with van der Waals surface area (Å²) in [5.41, 5.74) is 7.16. The van der Waals surface area contributed by atoms with Crippen LogP contribution in [0.3, 0.4) is 0 Å². The molecule has 84 valence electrons.